The van der Waals surface area contributed by atoms with Crippen LogP contribution in [-0.4, -0.2) is 22.7 Å². The standard InChI is InChI=1S/C9H16N4O/c10-6-9-12-8(13-14-9)5-7-3-1-2-4-11-7/h7,11H,1-6,10H2. The van der Waals surface area contributed by atoms with Gasteiger partial charge in [-0.25, -0.2) is 0 Å². The maximum atomic E-state index is 5.38. The lowest BCUT2D eigenvalue weighted by molar-refractivity contribution is 0.361. The van der Waals surface area contributed by atoms with Gasteiger partial charge in [0.25, 0.3) is 0 Å². The molecule has 1 aromatic rings. The lowest BCUT2D eigenvalue weighted by atomic mass is 10.0. The highest BCUT2D eigenvalue weighted by molar-refractivity contribution is 4.90. The Labute approximate surface area is 83.1 Å². The van der Waals surface area contributed by atoms with Crippen LogP contribution in [0.4, 0.5) is 0 Å². The quantitative estimate of drug-likeness (QED) is 0.722. The Hall–Kier alpha value is -0.940. The number of rotatable bonds is 3. The van der Waals surface area contributed by atoms with Gasteiger partial charge >= 0.3 is 0 Å². The fourth-order valence-electron chi connectivity index (χ4n) is 1.77. The topological polar surface area (TPSA) is 77.0 Å². The zero-order chi connectivity index (χ0) is 9.80. The maximum absolute atomic E-state index is 5.38. The molecule has 1 aliphatic rings. The van der Waals surface area contributed by atoms with Crippen molar-refractivity contribution in [3.8, 4) is 0 Å². The summed E-state index contributed by atoms with van der Waals surface area (Å²) in [6.07, 6.45) is 4.62. The molecule has 0 amide bonds. The number of nitrogens with zero attached hydrogens (tertiary/aromatic N) is 2. The van der Waals surface area contributed by atoms with E-state index in [2.05, 4.69) is 15.5 Å². The first-order chi connectivity index (χ1) is 6.88. The van der Waals surface area contributed by atoms with E-state index in [1.54, 1.807) is 0 Å². The Kier molecular flexibility index (Phi) is 3.10. The van der Waals surface area contributed by atoms with Gasteiger partial charge in [0.05, 0.1) is 6.54 Å². The zero-order valence-electron chi connectivity index (χ0n) is 8.20. The molecule has 1 unspecified atom stereocenters. The van der Waals surface area contributed by atoms with Gasteiger partial charge < -0.3 is 15.6 Å². The van der Waals surface area contributed by atoms with E-state index in [-0.39, 0.29) is 0 Å². The smallest absolute Gasteiger partial charge is 0.240 e. The van der Waals surface area contributed by atoms with Gasteiger partial charge in [-0.05, 0) is 19.4 Å². The molecule has 5 heteroatoms. The molecule has 2 heterocycles. The summed E-state index contributed by atoms with van der Waals surface area (Å²) in [5.41, 5.74) is 5.38. The summed E-state index contributed by atoms with van der Waals surface area (Å²) in [4.78, 5) is 4.18. The summed E-state index contributed by atoms with van der Waals surface area (Å²) in [5, 5.41) is 7.32. The van der Waals surface area contributed by atoms with Gasteiger partial charge in [-0.15, -0.1) is 0 Å². The molecule has 3 N–H and O–H groups in total. The second kappa shape index (κ2) is 4.52. The van der Waals surface area contributed by atoms with Crippen LogP contribution in [0.5, 0.6) is 0 Å². The lowest BCUT2D eigenvalue weighted by Gasteiger charge is -2.21. The summed E-state index contributed by atoms with van der Waals surface area (Å²) in [6.45, 7) is 1.43. The van der Waals surface area contributed by atoms with Gasteiger partial charge in [-0.2, -0.15) is 4.98 Å². The fourth-order valence-corrected chi connectivity index (χ4v) is 1.77. The summed E-state index contributed by atoms with van der Waals surface area (Å²) in [5.74, 6) is 1.29. The molecule has 0 spiro atoms. The third kappa shape index (κ3) is 2.30. The Morgan fingerprint density at radius 1 is 1.50 bits per heavy atom. The van der Waals surface area contributed by atoms with E-state index in [0.717, 1.165) is 18.8 Å². The van der Waals surface area contributed by atoms with E-state index in [9.17, 15) is 0 Å². The Balaban J connectivity index is 1.89. The van der Waals surface area contributed by atoms with E-state index in [4.69, 9.17) is 10.3 Å². The van der Waals surface area contributed by atoms with E-state index in [0.29, 0.717) is 18.5 Å². The monoisotopic (exact) mass is 196 g/mol. The van der Waals surface area contributed by atoms with Crippen LogP contribution in [0.25, 0.3) is 0 Å². The molecule has 0 bridgehead atoms. The maximum Gasteiger partial charge on any atom is 0.240 e. The van der Waals surface area contributed by atoms with Gasteiger partial charge in [0.15, 0.2) is 5.82 Å². The minimum Gasteiger partial charge on any atom is -0.338 e. The molecule has 14 heavy (non-hydrogen) atoms. The predicted octanol–water partition coefficient (Wildman–Crippen LogP) is 0.213. The normalized spacial score (nSPS) is 22.5. The summed E-state index contributed by atoms with van der Waals surface area (Å²) < 4.78 is 4.94. The second-order valence-electron chi connectivity index (χ2n) is 3.66. The molecule has 0 saturated carbocycles. The molecular formula is C9H16N4O. The van der Waals surface area contributed by atoms with Crippen molar-refractivity contribution in [1.82, 2.24) is 15.5 Å². The highest BCUT2D eigenvalue weighted by Crippen LogP contribution is 2.10. The number of piperidine rings is 1. The molecule has 1 atom stereocenters. The van der Waals surface area contributed by atoms with E-state index < -0.39 is 0 Å². The Morgan fingerprint density at radius 2 is 2.43 bits per heavy atom. The van der Waals surface area contributed by atoms with Crippen LogP contribution < -0.4 is 11.1 Å². The highest BCUT2D eigenvalue weighted by atomic mass is 16.5. The molecule has 0 aliphatic carbocycles. The first kappa shape index (κ1) is 9.61. The lowest BCUT2D eigenvalue weighted by Crippen LogP contribution is -2.35. The van der Waals surface area contributed by atoms with Crippen LogP contribution in [0, 0.1) is 0 Å². The second-order valence-corrected chi connectivity index (χ2v) is 3.66. The molecular weight excluding hydrogens is 180 g/mol. The Bertz CT molecular complexity index is 280. The first-order valence-electron chi connectivity index (χ1n) is 5.13. The highest BCUT2D eigenvalue weighted by Gasteiger charge is 2.15. The largest absolute Gasteiger partial charge is 0.338 e. The minimum absolute atomic E-state index is 0.324. The minimum atomic E-state index is 0.324. The number of hydrogen-bond donors (Lipinski definition) is 2. The molecule has 2 rings (SSSR count). The number of aromatic nitrogens is 2. The van der Waals surface area contributed by atoms with Crippen LogP contribution in [0.1, 0.15) is 31.0 Å². The summed E-state index contributed by atoms with van der Waals surface area (Å²) in [7, 11) is 0. The molecule has 5 nitrogen and oxygen atoms in total. The van der Waals surface area contributed by atoms with Crippen LogP contribution in [-0.2, 0) is 13.0 Å². The molecule has 1 aliphatic heterocycles. The van der Waals surface area contributed by atoms with Gasteiger partial charge in [-0.1, -0.05) is 11.6 Å². The van der Waals surface area contributed by atoms with Crippen molar-refractivity contribution < 1.29 is 4.52 Å². The SMILES string of the molecule is NCc1nc(CC2CCCCN2)no1. The van der Waals surface area contributed by atoms with E-state index in [1.807, 2.05) is 0 Å². The van der Waals surface area contributed by atoms with Gasteiger partial charge in [-0.3, -0.25) is 0 Å². The zero-order valence-corrected chi connectivity index (χ0v) is 8.20. The van der Waals surface area contributed by atoms with Crippen molar-refractivity contribution in [2.75, 3.05) is 6.54 Å². The number of hydrogen-bond acceptors (Lipinski definition) is 5. The van der Waals surface area contributed by atoms with Gasteiger partial charge in [0.2, 0.25) is 5.89 Å². The van der Waals surface area contributed by atoms with Crippen molar-refractivity contribution in [1.29, 1.82) is 0 Å². The molecule has 1 fully saturated rings. The molecule has 78 valence electrons. The van der Waals surface area contributed by atoms with E-state index in [1.165, 1.54) is 19.3 Å². The number of nitrogens with two attached hydrogens (primary N) is 1. The van der Waals surface area contributed by atoms with Crippen LogP contribution in [0.2, 0.25) is 0 Å². The molecule has 1 aromatic heterocycles. The van der Waals surface area contributed by atoms with Crippen LogP contribution in [0.15, 0.2) is 4.52 Å². The van der Waals surface area contributed by atoms with E-state index >= 15 is 0 Å². The van der Waals surface area contributed by atoms with Gasteiger partial charge in [0, 0.05) is 12.5 Å². The third-order valence-corrected chi connectivity index (χ3v) is 2.53. The van der Waals surface area contributed by atoms with Crippen molar-refractivity contribution in [2.45, 2.75) is 38.3 Å². The fraction of sp³-hybridized carbons (Fsp3) is 0.778. The average Bonchev–Trinajstić information content (AvgIpc) is 2.67. The number of nitrogens with one attached hydrogen (secondary N) is 1. The van der Waals surface area contributed by atoms with Crippen LogP contribution in [0.3, 0.4) is 0 Å². The first-order valence-corrected chi connectivity index (χ1v) is 5.13. The Morgan fingerprint density at radius 3 is 3.07 bits per heavy atom. The molecule has 0 radical (unpaired) electrons. The molecule has 0 aromatic carbocycles. The summed E-state index contributed by atoms with van der Waals surface area (Å²) >= 11 is 0. The van der Waals surface area contributed by atoms with Crippen molar-refractivity contribution in [2.24, 2.45) is 5.73 Å². The summed E-state index contributed by atoms with van der Waals surface area (Å²) in [6, 6.07) is 0.506. The predicted molar refractivity (Wildman–Crippen MR) is 51.5 cm³/mol. The van der Waals surface area contributed by atoms with Crippen molar-refractivity contribution in [3.63, 3.8) is 0 Å². The average molecular weight is 196 g/mol. The van der Waals surface area contributed by atoms with Crippen molar-refractivity contribution in [3.05, 3.63) is 11.7 Å². The van der Waals surface area contributed by atoms with Crippen molar-refractivity contribution >= 4 is 0 Å². The molecule has 1 saturated heterocycles. The van der Waals surface area contributed by atoms with Crippen LogP contribution >= 0.6 is 0 Å². The van der Waals surface area contributed by atoms with Gasteiger partial charge in [0.1, 0.15) is 0 Å². The third-order valence-electron chi connectivity index (χ3n) is 2.53.